The Labute approximate surface area is 171 Å². The Bertz CT molecular complexity index is 470. The van der Waals surface area contributed by atoms with E-state index in [1.807, 2.05) is 20.2 Å². The number of hydrogen-bond acceptors (Lipinski definition) is 2. The molecule has 1 N–H and O–H groups in total. The fourth-order valence-corrected chi connectivity index (χ4v) is 3.13. The summed E-state index contributed by atoms with van der Waals surface area (Å²) in [4.78, 5) is 9.40. The van der Waals surface area contributed by atoms with E-state index < -0.39 is 0 Å². The molecule has 142 valence electrons. The van der Waals surface area contributed by atoms with Crippen LogP contribution in [-0.4, -0.2) is 56.0 Å². The van der Waals surface area contributed by atoms with Gasteiger partial charge in [0, 0.05) is 20.6 Å². The molecule has 0 aromatic heterocycles. The van der Waals surface area contributed by atoms with Crippen molar-refractivity contribution in [2.24, 2.45) is 4.99 Å². The second-order valence-electron chi connectivity index (χ2n) is 6.91. The highest BCUT2D eigenvalue weighted by atomic mass is 127. The molecule has 1 aliphatic rings. The summed E-state index contributed by atoms with van der Waals surface area (Å²) in [5, 5.41) is 3.49. The predicted octanol–water partition coefficient (Wildman–Crippen LogP) is 3.97. The maximum absolute atomic E-state index is 4.71. The summed E-state index contributed by atoms with van der Waals surface area (Å²) in [6.45, 7) is 5.65. The van der Waals surface area contributed by atoms with Crippen LogP contribution < -0.4 is 5.32 Å². The Morgan fingerprint density at radius 1 is 1.04 bits per heavy atom. The number of guanidine groups is 1. The van der Waals surface area contributed by atoms with Gasteiger partial charge in [0.1, 0.15) is 0 Å². The third-order valence-corrected chi connectivity index (χ3v) is 4.56. The summed E-state index contributed by atoms with van der Waals surface area (Å²) >= 11 is 0. The fraction of sp³-hybridized carbons (Fsp3) is 0.650. The van der Waals surface area contributed by atoms with Gasteiger partial charge in [0.05, 0.1) is 6.54 Å². The maximum Gasteiger partial charge on any atom is 0.193 e. The molecule has 1 heterocycles. The number of rotatable bonds is 8. The van der Waals surface area contributed by atoms with Crippen molar-refractivity contribution < 1.29 is 0 Å². The Morgan fingerprint density at radius 2 is 1.76 bits per heavy atom. The molecule has 1 aromatic carbocycles. The summed E-state index contributed by atoms with van der Waals surface area (Å²) in [7, 11) is 4.10. The minimum atomic E-state index is 0. The Balaban J connectivity index is 0.00000312. The quantitative estimate of drug-likeness (QED) is 0.277. The van der Waals surface area contributed by atoms with Crippen LogP contribution in [0.1, 0.15) is 44.1 Å². The third kappa shape index (κ3) is 9.45. The van der Waals surface area contributed by atoms with Gasteiger partial charge in [-0.1, -0.05) is 43.2 Å². The first kappa shape index (κ1) is 22.2. The van der Waals surface area contributed by atoms with Crippen LogP contribution in [0, 0.1) is 0 Å². The highest BCUT2D eigenvalue weighted by Crippen LogP contribution is 2.09. The van der Waals surface area contributed by atoms with E-state index in [2.05, 4.69) is 39.4 Å². The van der Waals surface area contributed by atoms with E-state index in [1.54, 1.807) is 0 Å². The van der Waals surface area contributed by atoms with E-state index in [1.165, 1.54) is 63.7 Å². The Kier molecular flexibility index (Phi) is 11.9. The zero-order chi connectivity index (χ0) is 17.0. The zero-order valence-electron chi connectivity index (χ0n) is 15.9. The first-order valence-corrected chi connectivity index (χ1v) is 9.47. The standard InChI is InChI=1S/C20H34N4.HI/c1-23(2)20(22-18-19-12-6-3-7-13-19)21-14-8-4-9-15-24-16-10-5-11-17-24;/h3,6-7,12-13H,4-5,8-11,14-18H2,1-2H3,(H,21,22);1H. The normalized spacial score (nSPS) is 15.5. The summed E-state index contributed by atoms with van der Waals surface area (Å²) in [5.74, 6) is 0.981. The smallest absolute Gasteiger partial charge is 0.193 e. The second kappa shape index (κ2) is 13.4. The predicted molar refractivity (Wildman–Crippen MR) is 119 cm³/mol. The van der Waals surface area contributed by atoms with Crippen molar-refractivity contribution >= 4 is 29.9 Å². The molecule has 0 saturated carbocycles. The first-order valence-electron chi connectivity index (χ1n) is 9.47. The van der Waals surface area contributed by atoms with Gasteiger partial charge in [-0.05, 0) is 50.9 Å². The van der Waals surface area contributed by atoms with E-state index >= 15 is 0 Å². The Morgan fingerprint density at radius 3 is 2.44 bits per heavy atom. The molecule has 1 aliphatic heterocycles. The van der Waals surface area contributed by atoms with Gasteiger partial charge in [-0.2, -0.15) is 0 Å². The van der Waals surface area contributed by atoms with Crippen LogP contribution in [-0.2, 0) is 6.54 Å². The summed E-state index contributed by atoms with van der Waals surface area (Å²) in [6.07, 6.45) is 8.04. The molecule has 0 atom stereocenters. The van der Waals surface area contributed by atoms with Crippen LogP contribution in [0.25, 0.3) is 0 Å². The molecular weight excluding hydrogens is 423 g/mol. The lowest BCUT2D eigenvalue weighted by Crippen LogP contribution is -2.37. The van der Waals surface area contributed by atoms with Crippen molar-refractivity contribution in [2.45, 2.75) is 45.1 Å². The van der Waals surface area contributed by atoms with Crippen molar-refractivity contribution in [3.8, 4) is 0 Å². The summed E-state index contributed by atoms with van der Waals surface area (Å²) < 4.78 is 0. The average Bonchev–Trinajstić information content (AvgIpc) is 2.62. The molecule has 5 heteroatoms. The highest BCUT2D eigenvalue weighted by molar-refractivity contribution is 14.0. The molecule has 0 radical (unpaired) electrons. The molecule has 0 amide bonds. The molecule has 0 aliphatic carbocycles. The Hall–Kier alpha value is -0.820. The second-order valence-corrected chi connectivity index (χ2v) is 6.91. The topological polar surface area (TPSA) is 30.9 Å². The van der Waals surface area contributed by atoms with Gasteiger partial charge in [0.2, 0.25) is 0 Å². The number of likely N-dealkylation sites (tertiary alicyclic amines) is 1. The SMILES string of the molecule is CN(C)C(=NCc1ccccc1)NCCCCCN1CCCCC1.I. The number of unbranched alkanes of at least 4 members (excludes halogenated alkanes) is 2. The van der Waals surface area contributed by atoms with E-state index in [4.69, 9.17) is 4.99 Å². The number of benzene rings is 1. The molecule has 0 unspecified atom stereocenters. The molecule has 1 fully saturated rings. The molecule has 4 nitrogen and oxygen atoms in total. The number of aliphatic imine (C=N–C) groups is 1. The third-order valence-electron chi connectivity index (χ3n) is 4.56. The number of piperidine rings is 1. The van der Waals surface area contributed by atoms with Gasteiger partial charge in [-0.15, -0.1) is 24.0 Å². The zero-order valence-corrected chi connectivity index (χ0v) is 18.2. The molecular formula is C20H35IN4. The van der Waals surface area contributed by atoms with E-state index in [9.17, 15) is 0 Å². The van der Waals surface area contributed by atoms with Crippen LogP contribution in [0.5, 0.6) is 0 Å². The molecule has 0 bridgehead atoms. The van der Waals surface area contributed by atoms with Crippen LogP contribution in [0.4, 0.5) is 0 Å². The number of nitrogens with zero attached hydrogens (tertiary/aromatic N) is 3. The van der Waals surface area contributed by atoms with Gasteiger partial charge in [-0.3, -0.25) is 0 Å². The summed E-state index contributed by atoms with van der Waals surface area (Å²) in [5.41, 5.74) is 1.25. The minimum Gasteiger partial charge on any atom is -0.356 e. The average molecular weight is 458 g/mol. The lowest BCUT2D eigenvalue weighted by molar-refractivity contribution is 0.224. The van der Waals surface area contributed by atoms with Crippen LogP contribution in [0.3, 0.4) is 0 Å². The molecule has 25 heavy (non-hydrogen) atoms. The van der Waals surface area contributed by atoms with E-state index in [0.717, 1.165) is 19.0 Å². The van der Waals surface area contributed by atoms with Crippen LogP contribution >= 0.6 is 24.0 Å². The van der Waals surface area contributed by atoms with Gasteiger partial charge < -0.3 is 15.1 Å². The molecule has 0 spiro atoms. The highest BCUT2D eigenvalue weighted by Gasteiger charge is 2.08. The number of hydrogen-bond donors (Lipinski definition) is 1. The number of halogens is 1. The van der Waals surface area contributed by atoms with E-state index in [0.29, 0.717) is 0 Å². The van der Waals surface area contributed by atoms with Crippen molar-refractivity contribution in [3.63, 3.8) is 0 Å². The van der Waals surface area contributed by atoms with Crippen molar-refractivity contribution in [1.82, 2.24) is 15.1 Å². The van der Waals surface area contributed by atoms with Crippen molar-refractivity contribution in [3.05, 3.63) is 35.9 Å². The molecule has 1 aromatic rings. The number of nitrogens with one attached hydrogen (secondary N) is 1. The molecule has 2 rings (SSSR count). The fourth-order valence-electron chi connectivity index (χ4n) is 3.13. The van der Waals surface area contributed by atoms with Crippen molar-refractivity contribution in [2.75, 3.05) is 40.3 Å². The molecule has 1 saturated heterocycles. The first-order chi connectivity index (χ1) is 11.8. The minimum absolute atomic E-state index is 0. The van der Waals surface area contributed by atoms with E-state index in [-0.39, 0.29) is 24.0 Å². The van der Waals surface area contributed by atoms with Gasteiger partial charge >= 0.3 is 0 Å². The van der Waals surface area contributed by atoms with Crippen LogP contribution in [0.15, 0.2) is 35.3 Å². The lowest BCUT2D eigenvalue weighted by Gasteiger charge is -2.26. The van der Waals surface area contributed by atoms with Gasteiger partial charge in [0.15, 0.2) is 5.96 Å². The monoisotopic (exact) mass is 458 g/mol. The van der Waals surface area contributed by atoms with Crippen molar-refractivity contribution in [1.29, 1.82) is 0 Å². The van der Waals surface area contributed by atoms with Crippen LogP contribution in [0.2, 0.25) is 0 Å². The van der Waals surface area contributed by atoms with Gasteiger partial charge in [0.25, 0.3) is 0 Å². The van der Waals surface area contributed by atoms with Gasteiger partial charge in [-0.25, -0.2) is 4.99 Å². The largest absolute Gasteiger partial charge is 0.356 e. The summed E-state index contributed by atoms with van der Waals surface area (Å²) in [6, 6.07) is 10.4. The maximum atomic E-state index is 4.71. The lowest BCUT2D eigenvalue weighted by atomic mass is 10.1.